The van der Waals surface area contributed by atoms with Crippen LogP contribution in [0, 0.1) is 0 Å². The molecule has 1 aliphatic heterocycles. The number of nitrogens with zero attached hydrogens (tertiary/aromatic N) is 2. The van der Waals surface area contributed by atoms with Gasteiger partial charge in [-0.2, -0.15) is 5.10 Å². The SMILES string of the molecule is CCOc1cc(C=NN=C2NC(=O)CS2)c(Br)cc1OCC(N)=O. The molecule has 2 rings (SSSR count). The minimum absolute atomic E-state index is 0.0929. The quantitative estimate of drug-likeness (QED) is 0.514. The number of carbonyl (C=O) groups excluding carboxylic acids is 2. The van der Waals surface area contributed by atoms with E-state index < -0.39 is 5.91 Å². The fourth-order valence-electron chi connectivity index (χ4n) is 1.70. The maximum Gasteiger partial charge on any atom is 0.255 e. The number of ether oxygens (including phenoxy) is 2. The first kappa shape index (κ1) is 18.3. The lowest BCUT2D eigenvalue weighted by atomic mass is 10.2. The first-order valence-corrected chi connectivity index (χ1v) is 8.68. The Morgan fingerprint density at radius 3 is 2.83 bits per heavy atom. The molecule has 8 nitrogen and oxygen atoms in total. The van der Waals surface area contributed by atoms with E-state index in [1.807, 2.05) is 6.92 Å². The molecule has 0 saturated carbocycles. The van der Waals surface area contributed by atoms with Crippen molar-refractivity contribution < 1.29 is 19.1 Å². The summed E-state index contributed by atoms with van der Waals surface area (Å²) in [5, 5.41) is 10.9. The maximum atomic E-state index is 11.1. The van der Waals surface area contributed by atoms with Gasteiger partial charge in [0.25, 0.3) is 5.91 Å². The Hall–Kier alpha value is -2.07. The molecule has 1 saturated heterocycles. The van der Waals surface area contributed by atoms with Crippen molar-refractivity contribution in [2.45, 2.75) is 6.92 Å². The van der Waals surface area contributed by atoms with Crippen LogP contribution in [0.15, 0.2) is 26.8 Å². The van der Waals surface area contributed by atoms with Crippen LogP contribution in [0.1, 0.15) is 12.5 Å². The second-order valence-corrected chi connectivity index (χ2v) is 6.31. The van der Waals surface area contributed by atoms with Crippen molar-refractivity contribution in [3.63, 3.8) is 0 Å². The number of halogens is 1. The van der Waals surface area contributed by atoms with Crippen LogP contribution in [0.25, 0.3) is 0 Å². The van der Waals surface area contributed by atoms with Crippen molar-refractivity contribution in [2.24, 2.45) is 15.9 Å². The molecule has 0 radical (unpaired) electrons. The van der Waals surface area contributed by atoms with Crippen molar-refractivity contribution in [1.29, 1.82) is 0 Å². The van der Waals surface area contributed by atoms with Crippen LogP contribution in [-0.4, -0.2) is 42.2 Å². The zero-order valence-electron chi connectivity index (χ0n) is 12.7. The molecule has 0 atom stereocenters. The van der Waals surface area contributed by atoms with Crippen molar-refractivity contribution in [3.8, 4) is 11.5 Å². The molecule has 0 bridgehead atoms. The van der Waals surface area contributed by atoms with Crippen LogP contribution in [0.2, 0.25) is 0 Å². The summed E-state index contributed by atoms with van der Waals surface area (Å²) in [5.41, 5.74) is 5.78. The number of nitrogens with one attached hydrogen (secondary N) is 1. The number of benzene rings is 1. The predicted octanol–water partition coefficient (Wildman–Crippen LogP) is 1.26. The lowest BCUT2D eigenvalue weighted by molar-refractivity contribution is -0.120. The zero-order valence-corrected chi connectivity index (χ0v) is 15.1. The summed E-state index contributed by atoms with van der Waals surface area (Å²) in [6, 6.07) is 3.36. The number of primary amides is 1. The predicted molar refractivity (Wildman–Crippen MR) is 95.6 cm³/mol. The standard InChI is InChI=1S/C14H15BrN4O4S/c1-2-22-10-3-8(5-17-19-14-18-13(21)7-24-14)9(15)4-11(10)23-6-12(16)20/h3-5H,2,6-7H2,1H3,(H2,16,20)(H,18,19,21). The second-order valence-electron chi connectivity index (χ2n) is 4.50. The van der Waals surface area contributed by atoms with Crippen LogP contribution in [0.4, 0.5) is 0 Å². The number of hydrogen-bond acceptors (Lipinski definition) is 7. The van der Waals surface area contributed by atoms with Gasteiger partial charge in [0.2, 0.25) is 5.91 Å². The van der Waals surface area contributed by atoms with Gasteiger partial charge in [0, 0.05) is 10.0 Å². The van der Waals surface area contributed by atoms with E-state index in [1.165, 1.54) is 18.0 Å². The highest BCUT2D eigenvalue weighted by Crippen LogP contribution is 2.33. The molecule has 1 heterocycles. The molecule has 1 aromatic carbocycles. The van der Waals surface area contributed by atoms with E-state index in [9.17, 15) is 9.59 Å². The Bertz CT molecular complexity index is 708. The van der Waals surface area contributed by atoms with E-state index in [0.717, 1.165) is 0 Å². The van der Waals surface area contributed by atoms with E-state index in [0.29, 0.717) is 39.1 Å². The number of hydrogen-bond donors (Lipinski definition) is 2. The fraction of sp³-hybridized carbons (Fsp3) is 0.286. The van der Waals surface area contributed by atoms with Gasteiger partial charge in [-0.25, -0.2) is 0 Å². The third kappa shape index (κ3) is 5.24. The number of nitrogens with two attached hydrogens (primary N) is 1. The molecule has 0 aliphatic carbocycles. The Balaban J connectivity index is 2.18. The van der Waals surface area contributed by atoms with E-state index >= 15 is 0 Å². The lowest BCUT2D eigenvalue weighted by Crippen LogP contribution is -2.20. The van der Waals surface area contributed by atoms with Crippen LogP contribution in [0.3, 0.4) is 0 Å². The van der Waals surface area contributed by atoms with E-state index in [1.54, 1.807) is 12.1 Å². The van der Waals surface area contributed by atoms with E-state index in [4.69, 9.17) is 15.2 Å². The average Bonchev–Trinajstić information content (AvgIpc) is 2.94. The molecule has 10 heteroatoms. The number of amides is 2. The monoisotopic (exact) mass is 414 g/mol. The summed E-state index contributed by atoms with van der Waals surface area (Å²) in [5.74, 6) is 0.526. The van der Waals surface area contributed by atoms with Gasteiger partial charge in [-0.1, -0.05) is 11.8 Å². The van der Waals surface area contributed by atoms with Gasteiger partial charge in [0.05, 0.1) is 18.6 Å². The summed E-state index contributed by atoms with van der Waals surface area (Å²) in [6.07, 6.45) is 1.52. The van der Waals surface area contributed by atoms with Crippen molar-refractivity contribution in [3.05, 3.63) is 22.2 Å². The third-order valence-electron chi connectivity index (χ3n) is 2.66. The van der Waals surface area contributed by atoms with Crippen LogP contribution >= 0.6 is 27.7 Å². The summed E-state index contributed by atoms with van der Waals surface area (Å²) in [6.45, 7) is 2.01. The highest BCUT2D eigenvalue weighted by atomic mass is 79.9. The first-order valence-electron chi connectivity index (χ1n) is 6.90. The molecule has 1 aliphatic rings. The van der Waals surface area contributed by atoms with Gasteiger partial charge in [-0.05, 0) is 35.0 Å². The van der Waals surface area contributed by atoms with Crippen molar-refractivity contribution in [2.75, 3.05) is 19.0 Å². The molecule has 1 fully saturated rings. The maximum absolute atomic E-state index is 11.1. The fourth-order valence-corrected chi connectivity index (χ4v) is 2.76. The van der Waals surface area contributed by atoms with Crippen LogP contribution < -0.4 is 20.5 Å². The molecule has 128 valence electrons. The molecule has 3 N–H and O–H groups in total. The topological polar surface area (TPSA) is 115 Å². The smallest absolute Gasteiger partial charge is 0.255 e. The number of rotatable bonds is 7. The average molecular weight is 415 g/mol. The van der Waals surface area contributed by atoms with Gasteiger partial charge in [-0.15, -0.1) is 5.10 Å². The lowest BCUT2D eigenvalue weighted by Gasteiger charge is -2.12. The Labute approximate surface area is 151 Å². The molecule has 24 heavy (non-hydrogen) atoms. The van der Waals surface area contributed by atoms with Gasteiger partial charge in [0.1, 0.15) is 0 Å². The Morgan fingerprint density at radius 2 is 2.21 bits per heavy atom. The summed E-state index contributed by atoms with van der Waals surface area (Å²) in [7, 11) is 0. The Kier molecular flexibility index (Phi) is 6.62. The molecule has 0 aromatic heterocycles. The number of amidine groups is 1. The molecule has 1 aromatic rings. The normalized spacial score (nSPS) is 15.8. The van der Waals surface area contributed by atoms with Gasteiger partial charge in [-0.3, -0.25) is 9.59 Å². The van der Waals surface area contributed by atoms with Crippen LogP contribution in [0.5, 0.6) is 11.5 Å². The molecular weight excluding hydrogens is 400 g/mol. The van der Waals surface area contributed by atoms with Gasteiger partial charge >= 0.3 is 0 Å². The zero-order chi connectivity index (χ0) is 17.5. The molecular formula is C14H15BrN4O4S. The summed E-state index contributed by atoms with van der Waals surface area (Å²) < 4.78 is 11.5. The molecule has 0 spiro atoms. The van der Waals surface area contributed by atoms with E-state index in [-0.39, 0.29) is 12.5 Å². The Morgan fingerprint density at radius 1 is 1.46 bits per heavy atom. The number of carbonyl (C=O) groups is 2. The number of thioether (sulfide) groups is 1. The third-order valence-corrected chi connectivity index (χ3v) is 4.21. The van der Waals surface area contributed by atoms with Crippen LogP contribution in [-0.2, 0) is 9.59 Å². The molecule has 0 unspecified atom stereocenters. The largest absolute Gasteiger partial charge is 0.490 e. The van der Waals surface area contributed by atoms with Crippen molar-refractivity contribution in [1.82, 2.24) is 5.32 Å². The minimum atomic E-state index is -0.578. The van der Waals surface area contributed by atoms with Crippen molar-refractivity contribution >= 4 is 50.9 Å². The van der Waals surface area contributed by atoms with Gasteiger partial charge in [0.15, 0.2) is 23.3 Å². The minimum Gasteiger partial charge on any atom is -0.490 e. The highest BCUT2D eigenvalue weighted by molar-refractivity contribution is 9.10. The van der Waals surface area contributed by atoms with E-state index in [2.05, 4.69) is 31.4 Å². The second kappa shape index (κ2) is 8.69. The summed E-state index contributed by atoms with van der Waals surface area (Å²) >= 11 is 4.68. The highest BCUT2D eigenvalue weighted by Gasteiger charge is 2.16. The summed E-state index contributed by atoms with van der Waals surface area (Å²) in [4.78, 5) is 21.9. The molecule has 2 amide bonds. The van der Waals surface area contributed by atoms with Gasteiger partial charge < -0.3 is 20.5 Å². The first-order chi connectivity index (χ1) is 11.5.